The molecule has 1 heterocycles. The zero-order valence-corrected chi connectivity index (χ0v) is 6.32. The lowest BCUT2D eigenvalue weighted by molar-refractivity contribution is 0.125. The van der Waals surface area contributed by atoms with Gasteiger partial charge in [-0.05, 0) is 13.5 Å². The van der Waals surface area contributed by atoms with E-state index in [9.17, 15) is 5.11 Å². The largest absolute Gasteiger partial charge is 0.396 e. The third-order valence-electron chi connectivity index (χ3n) is 2.09. The molecule has 1 aliphatic rings. The first-order valence-electron chi connectivity index (χ1n) is 3.71. The molecule has 3 nitrogen and oxygen atoms in total. The van der Waals surface area contributed by atoms with Gasteiger partial charge in [-0.25, -0.2) is 0 Å². The summed E-state index contributed by atoms with van der Waals surface area (Å²) in [4.78, 5) is 2.09. The van der Waals surface area contributed by atoms with E-state index in [-0.39, 0.29) is 18.6 Å². The Labute approximate surface area is 61.3 Å². The lowest BCUT2D eigenvalue weighted by Gasteiger charge is -2.09. The van der Waals surface area contributed by atoms with Crippen LogP contribution in [0.3, 0.4) is 0 Å². The van der Waals surface area contributed by atoms with Gasteiger partial charge in [0.05, 0.1) is 6.10 Å². The molecular weight excluding hydrogens is 130 g/mol. The minimum atomic E-state index is -0.225. The minimum Gasteiger partial charge on any atom is -0.396 e. The predicted molar refractivity (Wildman–Crippen MR) is 38.7 cm³/mol. The minimum absolute atomic E-state index is 0.190. The number of aliphatic hydroxyl groups excluding tert-OH is 2. The molecule has 1 rings (SSSR count). The van der Waals surface area contributed by atoms with Crippen LogP contribution in [0.1, 0.15) is 6.42 Å². The number of aliphatic hydroxyl groups is 2. The number of β-amino-alcohol motifs (C(OH)–C–C–N with tert-alkyl or cyclic N) is 1. The predicted octanol–water partition coefficient (Wildman–Crippen LogP) is -0.709. The van der Waals surface area contributed by atoms with Crippen LogP contribution >= 0.6 is 0 Å². The Bertz CT molecular complexity index is 108. The topological polar surface area (TPSA) is 43.7 Å². The quantitative estimate of drug-likeness (QED) is 0.539. The normalized spacial score (nSPS) is 35.1. The first-order valence-corrected chi connectivity index (χ1v) is 3.71. The van der Waals surface area contributed by atoms with Crippen molar-refractivity contribution in [1.29, 1.82) is 0 Å². The Morgan fingerprint density at radius 3 is 2.60 bits per heavy atom. The molecule has 0 spiro atoms. The van der Waals surface area contributed by atoms with Crippen LogP contribution in [0.4, 0.5) is 0 Å². The molecule has 0 bridgehead atoms. The van der Waals surface area contributed by atoms with Crippen molar-refractivity contribution in [3.05, 3.63) is 0 Å². The van der Waals surface area contributed by atoms with E-state index in [1.165, 1.54) is 0 Å². The summed E-state index contributed by atoms with van der Waals surface area (Å²) in [5.41, 5.74) is 0. The average Bonchev–Trinajstić information content (AvgIpc) is 2.13. The van der Waals surface area contributed by atoms with E-state index in [2.05, 4.69) is 4.90 Å². The van der Waals surface area contributed by atoms with Gasteiger partial charge in [-0.1, -0.05) is 0 Å². The highest BCUT2D eigenvalue weighted by atomic mass is 16.3. The number of hydrogen-bond acceptors (Lipinski definition) is 3. The van der Waals surface area contributed by atoms with Gasteiger partial charge in [0.25, 0.3) is 0 Å². The Hall–Kier alpha value is -0.120. The highest BCUT2D eigenvalue weighted by molar-refractivity contribution is 4.81. The molecular formula is C7H15NO2. The standard InChI is InChI=1S/C7H15NO2/c1-8-4-6(2-3-9)7(10)5-8/h6-7,9-10H,2-5H2,1H3. The van der Waals surface area contributed by atoms with E-state index in [1.807, 2.05) is 7.05 Å². The average molecular weight is 145 g/mol. The van der Waals surface area contributed by atoms with E-state index in [4.69, 9.17) is 5.11 Å². The van der Waals surface area contributed by atoms with E-state index >= 15 is 0 Å². The fraction of sp³-hybridized carbons (Fsp3) is 1.00. The van der Waals surface area contributed by atoms with Crippen LogP contribution < -0.4 is 0 Å². The zero-order chi connectivity index (χ0) is 7.56. The molecule has 1 saturated heterocycles. The van der Waals surface area contributed by atoms with Crippen molar-refractivity contribution in [3.8, 4) is 0 Å². The van der Waals surface area contributed by atoms with Crippen molar-refractivity contribution < 1.29 is 10.2 Å². The number of nitrogens with zero attached hydrogens (tertiary/aromatic N) is 1. The molecule has 3 heteroatoms. The molecule has 0 aromatic heterocycles. The molecule has 0 aromatic rings. The fourth-order valence-corrected chi connectivity index (χ4v) is 1.51. The second-order valence-electron chi connectivity index (χ2n) is 3.06. The molecule has 0 amide bonds. The molecule has 2 atom stereocenters. The summed E-state index contributed by atoms with van der Waals surface area (Å²) in [5.74, 6) is 0.287. The summed E-state index contributed by atoms with van der Waals surface area (Å²) in [6, 6.07) is 0. The molecule has 0 aliphatic carbocycles. The molecule has 1 aliphatic heterocycles. The second kappa shape index (κ2) is 3.32. The fourth-order valence-electron chi connectivity index (χ4n) is 1.51. The van der Waals surface area contributed by atoms with Crippen LogP contribution in [-0.2, 0) is 0 Å². The molecule has 60 valence electrons. The number of rotatable bonds is 2. The highest BCUT2D eigenvalue weighted by Gasteiger charge is 2.27. The maximum atomic E-state index is 9.34. The van der Waals surface area contributed by atoms with Crippen LogP contribution in [0, 0.1) is 5.92 Å². The number of hydrogen-bond donors (Lipinski definition) is 2. The van der Waals surface area contributed by atoms with E-state index in [0.717, 1.165) is 19.5 Å². The van der Waals surface area contributed by atoms with Gasteiger partial charge in [-0.15, -0.1) is 0 Å². The van der Waals surface area contributed by atoms with Gasteiger partial charge in [0.1, 0.15) is 0 Å². The van der Waals surface area contributed by atoms with E-state index < -0.39 is 0 Å². The summed E-state index contributed by atoms with van der Waals surface area (Å²) in [6.07, 6.45) is 0.503. The molecule has 0 aromatic carbocycles. The lowest BCUT2D eigenvalue weighted by Crippen LogP contribution is -2.18. The Morgan fingerprint density at radius 2 is 2.20 bits per heavy atom. The summed E-state index contributed by atoms with van der Waals surface area (Å²) in [5, 5.41) is 17.9. The molecule has 2 unspecified atom stereocenters. The van der Waals surface area contributed by atoms with Crippen LogP contribution in [0.5, 0.6) is 0 Å². The third kappa shape index (κ3) is 1.68. The molecule has 2 N–H and O–H groups in total. The van der Waals surface area contributed by atoms with Gasteiger partial charge in [-0.3, -0.25) is 0 Å². The first kappa shape index (κ1) is 7.98. The Morgan fingerprint density at radius 1 is 1.50 bits per heavy atom. The van der Waals surface area contributed by atoms with Crippen LogP contribution in [0.25, 0.3) is 0 Å². The molecule has 0 saturated carbocycles. The maximum Gasteiger partial charge on any atom is 0.0708 e. The zero-order valence-electron chi connectivity index (χ0n) is 6.32. The molecule has 10 heavy (non-hydrogen) atoms. The third-order valence-corrected chi connectivity index (χ3v) is 2.09. The summed E-state index contributed by atoms with van der Waals surface area (Å²) in [6.45, 7) is 1.86. The van der Waals surface area contributed by atoms with Crippen LogP contribution in [0.2, 0.25) is 0 Å². The lowest BCUT2D eigenvalue weighted by atomic mass is 10.0. The number of likely N-dealkylation sites (tertiary alicyclic amines) is 1. The van der Waals surface area contributed by atoms with Crippen molar-refractivity contribution in [2.24, 2.45) is 5.92 Å². The van der Waals surface area contributed by atoms with Gasteiger partial charge in [0.15, 0.2) is 0 Å². The van der Waals surface area contributed by atoms with Crippen molar-refractivity contribution in [3.63, 3.8) is 0 Å². The Balaban J connectivity index is 2.31. The summed E-state index contributed by atoms with van der Waals surface area (Å²) >= 11 is 0. The van der Waals surface area contributed by atoms with Gasteiger partial charge in [0, 0.05) is 25.6 Å². The van der Waals surface area contributed by atoms with Crippen molar-refractivity contribution >= 4 is 0 Å². The highest BCUT2D eigenvalue weighted by Crippen LogP contribution is 2.17. The summed E-state index contributed by atoms with van der Waals surface area (Å²) in [7, 11) is 1.99. The van der Waals surface area contributed by atoms with Crippen LogP contribution in [-0.4, -0.2) is 48.0 Å². The second-order valence-corrected chi connectivity index (χ2v) is 3.06. The van der Waals surface area contributed by atoms with Gasteiger partial charge in [-0.2, -0.15) is 0 Å². The molecule has 1 fully saturated rings. The van der Waals surface area contributed by atoms with Crippen molar-refractivity contribution in [1.82, 2.24) is 4.90 Å². The van der Waals surface area contributed by atoms with Gasteiger partial charge >= 0.3 is 0 Å². The van der Waals surface area contributed by atoms with Crippen molar-refractivity contribution in [2.75, 3.05) is 26.7 Å². The maximum absolute atomic E-state index is 9.34. The SMILES string of the molecule is CN1CC(O)C(CCO)C1. The van der Waals surface area contributed by atoms with E-state index in [0.29, 0.717) is 0 Å². The smallest absolute Gasteiger partial charge is 0.0708 e. The van der Waals surface area contributed by atoms with E-state index in [1.54, 1.807) is 0 Å². The Kier molecular flexibility index (Phi) is 2.65. The summed E-state index contributed by atoms with van der Waals surface area (Å²) < 4.78 is 0. The first-order chi connectivity index (χ1) is 4.74. The number of likely N-dealkylation sites (N-methyl/N-ethyl adjacent to an activating group) is 1. The van der Waals surface area contributed by atoms with Crippen molar-refractivity contribution in [2.45, 2.75) is 12.5 Å². The monoisotopic (exact) mass is 145 g/mol. The van der Waals surface area contributed by atoms with Gasteiger partial charge in [0.2, 0.25) is 0 Å². The van der Waals surface area contributed by atoms with Gasteiger partial charge < -0.3 is 15.1 Å². The molecule has 0 radical (unpaired) electrons. The van der Waals surface area contributed by atoms with Crippen LogP contribution in [0.15, 0.2) is 0 Å².